The van der Waals surface area contributed by atoms with E-state index < -0.39 is 11.0 Å². The van der Waals surface area contributed by atoms with E-state index in [2.05, 4.69) is 10.3 Å². The summed E-state index contributed by atoms with van der Waals surface area (Å²) in [5, 5.41) is 24.4. The van der Waals surface area contributed by atoms with Crippen LogP contribution in [0.25, 0.3) is 0 Å². The van der Waals surface area contributed by atoms with Gasteiger partial charge in [0.15, 0.2) is 0 Å². The van der Waals surface area contributed by atoms with Gasteiger partial charge in [0.1, 0.15) is 5.44 Å². The molecule has 1 aliphatic heterocycles. The number of aromatic nitrogens is 2. The number of aliphatic hydroxyl groups excluding tert-OH is 1. The summed E-state index contributed by atoms with van der Waals surface area (Å²) >= 11 is 1.56. The third-order valence-electron chi connectivity index (χ3n) is 8.91. The molecule has 1 aromatic heterocycles. The Labute approximate surface area is 200 Å². The Morgan fingerprint density at radius 3 is 2.61 bits per heavy atom. The molecule has 4 bridgehead atoms. The maximum absolute atomic E-state index is 13.6. The van der Waals surface area contributed by atoms with Gasteiger partial charge in [-0.05, 0) is 62.7 Å². The van der Waals surface area contributed by atoms with Crippen LogP contribution in [0.2, 0.25) is 0 Å². The average Bonchev–Trinajstić information content (AvgIpc) is 2.80. The molecule has 6 fully saturated rings. The lowest BCUT2D eigenvalue weighted by molar-refractivity contribution is -0.136. The number of hydrogen-bond donors (Lipinski definition) is 3. The number of anilines is 1. The van der Waals surface area contributed by atoms with Crippen LogP contribution in [0.15, 0.2) is 6.20 Å². The van der Waals surface area contributed by atoms with Gasteiger partial charge in [0, 0.05) is 30.5 Å². The lowest BCUT2D eigenvalue weighted by Gasteiger charge is -2.58. The number of aliphatic hydroxyl groups is 2. The van der Waals surface area contributed by atoms with Crippen molar-refractivity contribution in [3.05, 3.63) is 17.5 Å². The van der Waals surface area contributed by atoms with Crippen LogP contribution in [0, 0.1) is 17.8 Å². The molecule has 33 heavy (non-hydrogen) atoms. The summed E-state index contributed by atoms with van der Waals surface area (Å²) < 4.78 is 0. The molecule has 3 atom stereocenters. The maximum atomic E-state index is 13.6. The molecule has 180 valence electrons. The summed E-state index contributed by atoms with van der Waals surface area (Å²) in [6, 6.07) is 0.155. The smallest absolute Gasteiger partial charge is 0.254 e. The van der Waals surface area contributed by atoms with Gasteiger partial charge in [0.2, 0.25) is 5.95 Å². The van der Waals surface area contributed by atoms with Crippen LogP contribution in [-0.4, -0.2) is 62.0 Å². The fraction of sp³-hybridized carbons (Fsp3) is 0.800. The third-order valence-corrected chi connectivity index (χ3v) is 9.86. The Bertz CT molecular complexity index is 892. The Balaban J connectivity index is 1.26. The van der Waals surface area contributed by atoms with Crippen LogP contribution in [-0.2, 0) is 0 Å². The molecule has 7 rings (SSSR count). The zero-order valence-corrected chi connectivity index (χ0v) is 20.1. The second kappa shape index (κ2) is 8.68. The van der Waals surface area contributed by atoms with Crippen LogP contribution < -0.4 is 10.2 Å². The minimum atomic E-state index is -0.493. The van der Waals surface area contributed by atoms with Gasteiger partial charge in [-0.3, -0.25) is 4.79 Å². The first-order valence-electron chi connectivity index (χ1n) is 12.9. The topological polar surface area (TPSA) is 98.6 Å². The van der Waals surface area contributed by atoms with Crippen molar-refractivity contribution in [3.8, 4) is 0 Å². The number of hydrogen-bond acceptors (Lipinski definition) is 7. The van der Waals surface area contributed by atoms with E-state index in [9.17, 15) is 15.0 Å². The molecule has 7 nitrogen and oxygen atoms in total. The first-order valence-corrected chi connectivity index (χ1v) is 14.0. The van der Waals surface area contributed by atoms with Gasteiger partial charge in [-0.2, -0.15) is 0 Å². The van der Waals surface area contributed by atoms with E-state index in [1.165, 1.54) is 19.3 Å². The zero-order chi connectivity index (χ0) is 22.6. The Kier molecular flexibility index (Phi) is 5.82. The molecular formula is C25H36N4O3S. The first-order chi connectivity index (χ1) is 16.0. The molecule has 2 heterocycles. The normalized spacial score (nSPS) is 38.5. The van der Waals surface area contributed by atoms with Gasteiger partial charge in [0.05, 0.1) is 23.4 Å². The van der Waals surface area contributed by atoms with Gasteiger partial charge in [-0.25, -0.2) is 9.97 Å². The third kappa shape index (κ3) is 4.27. The van der Waals surface area contributed by atoms with Crippen LogP contribution in [0.4, 0.5) is 5.95 Å². The summed E-state index contributed by atoms with van der Waals surface area (Å²) in [6.45, 7) is 1.34. The lowest BCUT2D eigenvalue weighted by atomic mass is 9.52. The fourth-order valence-corrected chi connectivity index (χ4v) is 8.54. The van der Waals surface area contributed by atoms with Crippen LogP contribution >= 0.6 is 11.8 Å². The van der Waals surface area contributed by atoms with Gasteiger partial charge in [-0.1, -0.05) is 19.3 Å². The molecule has 8 heteroatoms. The average molecular weight is 473 g/mol. The van der Waals surface area contributed by atoms with Gasteiger partial charge in [0.25, 0.3) is 5.91 Å². The molecule has 0 aromatic carbocycles. The van der Waals surface area contributed by atoms with E-state index in [1.54, 1.807) is 18.0 Å². The van der Waals surface area contributed by atoms with Crippen molar-refractivity contribution in [3.63, 3.8) is 0 Å². The highest BCUT2D eigenvalue weighted by Gasteiger charge is 2.55. The number of thioether (sulfide) groups is 1. The maximum Gasteiger partial charge on any atom is 0.254 e. The summed E-state index contributed by atoms with van der Waals surface area (Å²) in [5.74, 6) is 3.14. The second-order valence-electron chi connectivity index (χ2n) is 11.3. The molecule has 1 aromatic rings. The fourth-order valence-electron chi connectivity index (χ4n) is 7.66. The molecule has 5 aliphatic carbocycles. The minimum Gasteiger partial charge on any atom is -0.390 e. The van der Waals surface area contributed by atoms with E-state index in [4.69, 9.17) is 4.98 Å². The van der Waals surface area contributed by atoms with E-state index in [-0.39, 0.29) is 11.9 Å². The minimum absolute atomic E-state index is 0.0409. The Hall–Kier alpha value is -1.38. The second-order valence-corrected chi connectivity index (χ2v) is 12.6. The highest BCUT2D eigenvalue weighted by atomic mass is 32.2. The molecule has 3 N–H and O–H groups in total. The van der Waals surface area contributed by atoms with Crippen LogP contribution in [0.1, 0.15) is 86.2 Å². The predicted molar refractivity (Wildman–Crippen MR) is 128 cm³/mol. The SMILES string of the molecule is O=C(NC1C2CC3CC1CC(O)(C3)C2)c1cnc(N2CCSC(O)C2)nc1C1CCCCC1. The van der Waals surface area contributed by atoms with Crippen molar-refractivity contribution in [1.29, 1.82) is 0 Å². The van der Waals surface area contributed by atoms with Crippen molar-refractivity contribution in [1.82, 2.24) is 15.3 Å². The predicted octanol–water partition coefficient (Wildman–Crippen LogP) is 3.07. The molecule has 0 radical (unpaired) electrons. The summed E-state index contributed by atoms with van der Waals surface area (Å²) in [5.41, 5.74) is 0.611. The van der Waals surface area contributed by atoms with E-state index in [1.807, 2.05) is 4.90 Å². The number of rotatable bonds is 4. The molecule has 1 amide bonds. The van der Waals surface area contributed by atoms with Crippen LogP contribution in [0.5, 0.6) is 0 Å². The molecule has 1 saturated heterocycles. The quantitative estimate of drug-likeness (QED) is 0.619. The zero-order valence-electron chi connectivity index (χ0n) is 19.3. The molecule has 5 saturated carbocycles. The standard InChI is InChI=1S/C25H36N4O3S/c30-20-14-29(6-7-33-20)24-26-13-19(22(28-24)16-4-2-1-3-5-16)23(31)27-21-17-8-15-9-18(21)12-25(32,10-15)11-17/h13,15-18,20-21,30,32H,1-12,14H2,(H,27,31). The van der Waals surface area contributed by atoms with Crippen molar-refractivity contribution < 1.29 is 15.0 Å². The number of nitrogens with zero attached hydrogens (tertiary/aromatic N) is 3. The van der Waals surface area contributed by atoms with E-state index >= 15 is 0 Å². The first kappa shape index (κ1) is 22.1. The molecule has 6 aliphatic rings. The Morgan fingerprint density at radius 2 is 1.91 bits per heavy atom. The molecule has 3 unspecified atom stereocenters. The summed E-state index contributed by atoms with van der Waals surface area (Å²) in [6.07, 6.45) is 12.3. The molecular weight excluding hydrogens is 436 g/mol. The van der Waals surface area contributed by atoms with Crippen molar-refractivity contribution in [2.24, 2.45) is 17.8 Å². The number of carbonyl (C=O) groups excluding carboxylic acids is 1. The van der Waals surface area contributed by atoms with E-state index in [0.717, 1.165) is 62.9 Å². The van der Waals surface area contributed by atoms with Crippen molar-refractivity contribution >= 4 is 23.6 Å². The van der Waals surface area contributed by atoms with Gasteiger partial charge in [-0.15, -0.1) is 11.8 Å². The highest BCUT2D eigenvalue weighted by Crippen LogP contribution is 2.55. The van der Waals surface area contributed by atoms with Crippen molar-refractivity contribution in [2.45, 2.75) is 87.2 Å². The number of amides is 1. The van der Waals surface area contributed by atoms with E-state index in [0.29, 0.717) is 41.7 Å². The van der Waals surface area contributed by atoms with Gasteiger partial charge < -0.3 is 20.4 Å². The molecule has 0 spiro atoms. The Morgan fingerprint density at radius 1 is 1.15 bits per heavy atom. The van der Waals surface area contributed by atoms with Crippen LogP contribution in [0.3, 0.4) is 0 Å². The largest absolute Gasteiger partial charge is 0.390 e. The highest BCUT2D eigenvalue weighted by molar-refractivity contribution is 7.99. The monoisotopic (exact) mass is 472 g/mol. The number of carbonyl (C=O) groups is 1. The summed E-state index contributed by atoms with van der Waals surface area (Å²) in [4.78, 5) is 25.2. The van der Waals surface area contributed by atoms with Crippen molar-refractivity contribution in [2.75, 3.05) is 23.7 Å². The summed E-state index contributed by atoms with van der Waals surface area (Å²) in [7, 11) is 0. The van der Waals surface area contributed by atoms with Gasteiger partial charge >= 0.3 is 0 Å². The lowest BCUT2D eigenvalue weighted by Crippen LogP contribution is -2.61. The number of β-amino-alcohol motifs (C(OH)–C–C–N with tert-alkyl or cyclic N) is 1. The number of nitrogens with one attached hydrogen (secondary N) is 1.